The summed E-state index contributed by atoms with van der Waals surface area (Å²) in [6, 6.07) is 13.0. The van der Waals surface area contributed by atoms with E-state index in [1.165, 1.54) is 5.56 Å². The molecule has 2 aromatic carbocycles. The van der Waals surface area contributed by atoms with E-state index in [2.05, 4.69) is 50.4 Å². The number of carbonyl (C=O) groups is 2. The lowest BCUT2D eigenvalue weighted by atomic mass is 10.00. The predicted octanol–water partition coefficient (Wildman–Crippen LogP) is 6.38. The van der Waals surface area contributed by atoms with Crippen LogP contribution in [0.1, 0.15) is 69.6 Å². The second-order valence-corrected chi connectivity index (χ2v) is 9.32. The Morgan fingerprint density at radius 3 is 2.31 bits per heavy atom. The van der Waals surface area contributed by atoms with Crippen molar-refractivity contribution in [1.29, 1.82) is 0 Å². The molecule has 0 spiro atoms. The highest BCUT2D eigenvalue weighted by Gasteiger charge is 2.26. The van der Waals surface area contributed by atoms with Gasteiger partial charge in [0.1, 0.15) is 6.04 Å². The zero-order valence-electron chi connectivity index (χ0n) is 19.5. The summed E-state index contributed by atoms with van der Waals surface area (Å²) in [6.45, 7) is 9.01. The summed E-state index contributed by atoms with van der Waals surface area (Å²) in [6.07, 6.45) is 2.83. The zero-order valence-corrected chi connectivity index (χ0v) is 21.0. The smallest absolute Gasteiger partial charge is 0.242 e. The highest BCUT2D eigenvalue weighted by atomic mass is 35.5. The summed E-state index contributed by atoms with van der Waals surface area (Å²) in [5.74, 6) is 0.234. The number of carbonyl (C=O) groups excluding carboxylic acids is 2. The molecule has 32 heavy (non-hydrogen) atoms. The number of amides is 2. The van der Waals surface area contributed by atoms with Gasteiger partial charge in [0.05, 0.1) is 0 Å². The van der Waals surface area contributed by atoms with Crippen LogP contribution in [0.4, 0.5) is 0 Å². The Labute approximate surface area is 202 Å². The summed E-state index contributed by atoms with van der Waals surface area (Å²) in [4.78, 5) is 27.5. The molecular weight excluding hydrogens is 443 g/mol. The zero-order chi connectivity index (χ0) is 23.7. The monoisotopic (exact) mass is 476 g/mol. The fourth-order valence-electron chi connectivity index (χ4n) is 3.42. The lowest BCUT2D eigenvalue weighted by Gasteiger charge is -2.29. The van der Waals surface area contributed by atoms with Gasteiger partial charge in [0.25, 0.3) is 0 Å². The van der Waals surface area contributed by atoms with E-state index in [0.717, 1.165) is 24.0 Å². The second kappa shape index (κ2) is 12.9. The third-order valence-electron chi connectivity index (χ3n) is 5.63. The van der Waals surface area contributed by atoms with Gasteiger partial charge in [0.15, 0.2) is 0 Å². The van der Waals surface area contributed by atoms with Gasteiger partial charge < -0.3 is 10.2 Å². The van der Waals surface area contributed by atoms with Crippen molar-refractivity contribution in [2.45, 2.75) is 71.9 Å². The minimum Gasteiger partial charge on any atom is -0.354 e. The molecule has 2 aromatic rings. The number of hydrogen-bond acceptors (Lipinski definition) is 2. The predicted molar refractivity (Wildman–Crippen MR) is 133 cm³/mol. The van der Waals surface area contributed by atoms with Crippen LogP contribution in [0.5, 0.6) is 0 Å². The van der Waals surface area contributed by atoms with Crippen LogP contribution in [0.15, 0.2) is 42.5 Å². The van der Waals surface area contributed by atoms with Crippen LogP contribution in [0.2, 0.25) is 10.0 Å². The van der Waals surface area contributed by atoms with Gasteiger partial charge >= 0.3 is 0 Å². The lowest BCUT2D eigenvalue weighted by Crippen LogP contribution is -2.47. The van der Waals surface area contributed by atoms with Crippen LogP contribution < -0.4 is 5.32 Å². The molecule has 0 radical (unpaired) electrons. The highest BCUT2D eigenvalue weighted by Crippen LogP contribution is 2.24. The lowest BCUT2D eigenvalue weighted by molar-refractivity contribution is -0.140. The molecule has 0 saturated carbocycles. The molecule has 1 unspecified atom stereocenters. The van der Waals surface area contributed by atoms with Gasteiger partial charge in [-0.25, -0.2) is 0 Å². The number of unbranched alkanes of at least 4 members (excludes halogenated alkanes) is 1. The third-order valence-corrected chi connectivity index (χ3v) is 6.21. The number of hydrogen-bond donors (Lipinski definition) is 1. The SMILES string of the molecule is CCCCNC(=O)C(C)N(Cc1ccc(Cl)cc1Cl)C(=O)CCc1ccc(C(C)C)cc1. The fraction of sp³-hybridized carbons (Fsp3) is 0.462. The summed E-state index contributed by atoms with van der Waals surface area (Å²) < 4.78 is 0. The van der Waals surface area contributed by atoms with Gasteiger partial charge in [-0.05, 0) is 54.5 Å². The third kappa shape index (κ3) is 7.83. The van der Waals surface area contributed by atoms with Crippen molar-refractivity contribution < 1.29 is 9.59 Å². The molecule has 0 fully saturated rings. The molecule has 6 heteroatoms. The topological polar surface area (TPSA) is 49.4 Å². The van der Waals surface area contributed by atoms with Gasteiger partial charge in [-0.1, -0.05) is 80.7 Å². The molecule has 2 rings (SSSR count). The first-order valence-electron chi connectivity index (χ1n) is 11.3. The van der Waals surface area contributed by atoms with E-state index in [1.54, 1.807) is 30.0 Å². The Morgan fingerprint density at radius 2 is 1.72 bits per heavy atom. The largest absolute Gasteiger partial charge is 0.354 e. The standard InChI is InChI=1S/C26H34Cl2N2O2/c1-5-6-15-29-26(32)19(4)30(17-22-12-13-23(27)16-24(22)28)25(31)14-9-20-7-10-21(11-8-20)18(2)3/h7-8,10-13,16,18-19H,5-6,9,14-15,17H2,1-4H3,(H,29,32). The van der Waals surface area contributed by atoms with E-state index in [4.69, 9.17) is 23.2 Å². The maximum atomic E-state index is 13.2. The minimum atomic E-state index is -0.602. The van der Waals surface area contributed by atoms with Gasteiger partial charge in [0, 0.05) is 29.6 Å². The van der Waals surface area contributed by atoms with E-state index < -0.39 is 6.04 Å². The summed E-state index contributed by atoms with van der Waals surface area (Å²) >= 11 is 12.4. The van der Waals surface area contributed by atoms with Crippen molar-refractivity contribution in [3.05, 3.63) is 69.2 Å². The van der Waals surface area contributed by atoms with Crippen molar-refractivity contribution in [3.8, 4) is 0 Å². The molecule has 0 bridgehead atoms. The molecule has 174 valence electrons. The highest BCUT2D eigenvalue weighted by molar-refractivity contribution is 6.35. The van der Waals surface area contributed by atoms with Crippen LogP contribution in [-0.2, 0) is 22.6 Å². The molecule has 0 saturated heterocycles. The molecule has 0 aliphatic heterocycles. The molecule has 2 amide bonds. The van der Waals surface area contributed by atoms with Crippen LogP contribution in [0.25, 0.3) is 0 Å². The van der Waals surface area contributed by atoms with Gasteiger partial charge in [0.2, 0.25) is 11.8 Å². The van der Waals surface area contributed by atoms with E-state index >= 15 is 0 Å². The Kier molecular flexibility index (Phi) is 10.5. The van der Waals surface area contributed by atoms with Gasteiger partial charge in [-0.15, -0.1) is 0 Å². The Bertz CT molecular complexity index is 897. The van der Waals surface area contributed by atoms with Crippen molar-refractivity contribution in [1.82, 2.24) is 10.2 Å². The molecule has 1 atom stereocenters. The quantitative estimate of drug-likeness (QED) is 0.382. The van der Waals surface area contributed by atoms with Crippen LogP contribution in [-0.4, -0.2) is 29.3 Å². The van der Waals surface area contributed by atoms with Crippen molar-refractivity contribution >= 4 is 35.0 Å². The van der Waals surface area contributed by atoms with E-state index in [0.29, 0.717) is 35.3 Å². The molecular formula is C26H34Cl2N2O2. The molecule has 1 N–H and O–H groups in total. The van der Waals surface area contributed by atoms with Crippen molar-refractivity contribution in [2.24, 2.45) is 0 Å². The van der Waals surface area contributed by atoms with Crippen LogP contribution >= 0.6 is 23.2 Å². The average Bonchev–Trinajstić information content (AvgIpc) is 2.77. The number of rotatable bonds is 11. The number of benzene rings is 2. The van der Waals surface area contributed by atoms with Crippen LogP contribution in [0.3, 0.4) is 0 Å². The molecule has 0 aromatic heterocycles. The first kappa shape index (κ1) is 26.2. The van der Waals surface area contributed by atoms with E-state index in [1.807, 2.05) is 0 Å². The second-order valence-electron chi connectivity index (χ2n) is 8.47. The number of nitrogens with zero attached hydrogens (tertiary/aromatic N) is 1. The average molecular weight is 477 g/mol. The minimum absolute atomic E-state index is 0.0814. The van der Waals surface area contributed by atoms with Gasteiger partial charge in [-0.3, -0.25) is 9.59 Å². The molecule has 0 aliphatic carbocycles. The summed E-state index contributed by atoms with van der Waals surface area (Å²) in [5, 5.41) is 3.95. The van der Waals surface area contributed by atoms with E-state index in [9.17, 15) is 9.59 Å². The maximum Gasteiger partial charge on any atom is 0.242 e. The molecule has 0 aliphatic rings. The van der Waals surface area contributed by atoms with E-state index in [-0.39, 0.29) is 18.4 Å². The van der Waals surface area contributed by atoms with Gasteiger partial charge in [-0.2, -0.15) is 0 Å². The Hall–Kier alpha value is -2.04. The number of nitrogens with one attached hydrogen (secondary N) is 1. The first-order chi connectivity index (χ1) is 15.2. The normalized spacial score (nSPS) is 12.0. The summed E-state index contributed by atoms with van der Waals surface area (Å²) in [5.41, 5.74) is 3.14. The molecule has 0 heterocycles. The van der Waals surface area contributed by atoms with Crippen LogP contribution in [0, 0.1) is 0 Å². The summed E-state index contributed by atoms with van der Waals surface area (Å²) in [7, 11) is 0. The number of halogens is 2. The fourth-order valence-corrected chi connectivity index (χ4v) is 3.88. The Morgan fingerprint density at radius 1 is 1.03 bits per heavy atom. The Balaban J connectivity index is 2.14. The van der Waals surface area contributed by atoms with Crippen molar-refractivity contribution in [2.75, 3.05) is 6.54 Å². The van der Waals surface area contributed by atoms with Crippen molar-refractivity contribution in [3.63, 3.8) is 0 Å². The maximum absolute atomic E-state index is 13.2. The number of aryl methyl sites for hydroxylation is 1. The first-order valence-corrected chi connectivity index (χ1v) is 12.1. The molecule has 4 nitrogen and oxygen atoms in total.